The highest BCUT2D eigenvalue weighted by atomic mass is 32.2. The lowest BCUT2D eigenvalue weighted by Crippen LogP contribution is -2.18. The summed E-state index contributed by atoms with van der Waals surface area (Å²) in [4.78, 5) is 4.37. The van der Waals surface area contributed by atoms with E-state index in [-0.39, 0.29) is 0 Å². The van der Waals surface area contributed by atoms with Crippen molar-refractivity contribution >= 4 is 17.4 Å². The Bertz CT molecular complexity index is 296. The fourth-order valence-electron chi connectivity index (χ4n) is 1.58. The van der Waals surface area contributed by atoms with Gasteiger partial charge in [0.15, 0.2) is 0 Å². The minimum atomic E-state index is 0.455. The summed E-state index contributed by atoms with van der Waals surface area (Å²) in [5.74, 6) is 1.07. The highest BCUT2D eigenvalue weighted by molar-refractivity contribution is 7.99. The molecule has 1 saturated heterocycles. The zero-order valence-electron chi connectivity index (χ0n) is 8.90. The van der Waals surface area contributed by atoms with Gasteiger partial charge in [-0.25, -0.2) is 4.98 Å². The average Bonchev–Trinajstić information content (AvgIpc) is 2.74. The largest absolute Gasteiger partial charge is 0.379 e. The molecule has 0 aliphatic carbocycles. The molecule has 2 rings (SSSR count). The SMILES string of the molecule is CCSc1ccc(NC2CCOC2)cn1. The Morgan fingerprint density at radius 1 is 1.60 bits per heavy atom. The molecule has 0 saturated carbocycles. The molecule has 82 valence electrons. The van der Waals surface area contributed by atoms with E-state index in [1.807, 2.05) is 6.20 Å². The molecule has 1 aromatic heterocycles. The van der Waals surface area contributed by atoms with E-state index >= 15 is 0 Å². The minimum Gasteiger partial charge on any atom is -0.379 e. The summed E-state index contributed by atoms with van der Waals surface area (Å²) < 4.78 is 5.30. The molecule has 1 aliphatic heterocycles. The number of aromatic nitrogens is 1. The first-order valence-electron chi connectivity index (χ1n) is 5.31. The number of nitrogens with one attached hydrogen (secondary N) is 1. The minimum absolute atomic E-state index is 0.455. The molecule has 1 aliphatic rings. The van der Waals surface area contributed by atoms with Crippen LogP contribution in [0.2, 0.25) is 0 Å². The maximum atomic E-state index is 5.30. The Morgan fingerprint density at radius 2 is 2.53 bits per heavy atom. The molecule has 1 fully saturated rings. The van der Waals surface area contributed by atoms with Gasteiger partial charge in [0.2, 0.25) is 0 Å². The summed E-state index contributed by atoms with van der Waals surface area (Å²) in [6.45, 7) is 3.81. The van der Waals surface area contributed by atoms with Gasteiger partial charge in [-0.3, -0.25) is 0 Å². The molecule has 1 atom stereocenters. The van der Waals surface area contributed by atoms with Crippen molar-refractivity contribution in [2.45, 2.75) is 24.4 Å². The molecular formula is C11H16N2OS. The Kier molecular flexibility index (Phi) is 3.86. The second-order valence-electron chi connectivity index (χ2n) is 3.52. The first-order valence-corrected chi connectivity index (χ1v) is 6.30. The van der Waals surface area contributed by atoms with Gasteiger partial charge in [-0.05, 0) is 24.3 Å². The van der Waals surface area contributed by atoms with Crippen LogP contribution in [0.15, 0.2) is 23.4 Å². The van der Waals surface area contributed by atoms with E-state index in [1.54, 1.807) is 11.8 Å². The van der Waals surface area contributed by atoms with Gasteiger partial charge < -0.3 is 10.1 Å². The zero-order valence-corrected chi connectivity index (χ0v) is 9.72. The van der Waals surface area contributed by atoms with E-state index in [9.17, 15) is 0 Å². The van der Waals surface area contributed by atoms with Gasteiger partial charge in [-0.15, -0.1) is 11.8 Å². The number of pyridine rings is 1. The molecule has 0 spiro atoms. The van der Waals surface area contributed by atoms with Crippen LogP contribution in [0.5, 0.6) is 0 Å². The molecule has 0 radical (unpaired) electrons. The van der Waals surface area contributed by atoms with E-state index < -0.39 is 0 Å². The van der Waals surface area contributed by atoms with E-state index in [0.717, 1.165) is 36.1 Å². The quantitative estimate of drug-likeness (QED) is 0.796. The van der Waals surface area contributed by atoms with E-state index in [4.69, 9.17) is 4.74 Å². The van der Waals surface area contributed by atoms with Crippen LogP contribution in [-0.2, 0) is 4.74 Å². The molecule has 0 amide bonds. The second-order valence-corrected chi connectivity index (χ2v) is 4.81. The summed E-state index contributed by atoms with van der Waals surface area (Å²) in [5, 5.41) is 4.50. The molecule has 1 N–H and O–H groups in total. The first kappa shape index (κ1) is 10.8. The average molecular weight is 224 g/mol. The van der Waals surface area contributed by atoms with Crippen LogP contribution < -0.4 is 5.32 Å². The maximum absolute atomic E-state index is 5.30. The van der Waals surface area contributed by atoms with E-state index in [2.05, 4.69) is 29.4 Å². The van der Waals surface area contributed by atoms with Gasteiger partial charge in [-0.1, -0.05) is 6.92 Å². The van der Waals surface area contributed by atoms with Crippen LogP contribution in [-0.4, -0.2) is 30.0 Å². The van der Waals surface area contributed by atoms with Gasteiger partial charge >= 0.3 is 0 Å². The Labute approximate surface area is 94.6 Å². The molecule has 15 heavy (non-hydrogen) atoms. The Hall–Kier alpha value is -0.740. The Balaban J connectivity index is 1.91. The molecule has 1 aromatic rings. The lowest BCUT2D eigenvalue weighted by Gasteiger charge is -2.11. The molecule has 4 heteroatoms. The monoisotopic (exact) mass is 224 g/mol. The van der Waals surface area contributed by atoms with Crippen molar-refractivity contribution in [1.29, 1.82) is 0 Å². The fraction of sp³-hybridized carbons (Fsp3) is 0.545. The van der Waals surface area contributed by atoms with E-state index in [0.29, 0.717) is 6.04 Å². The van der Waals surface area contributed by atoms with Crippen LogP contribution >= 0.6 is 11.8 Å². The molecule has 0 aromatic carbocycles. The first-order chi connectivity index (χ1) is 7.38. The highest BCUT2D eigenvalue weighted by Gasteiger charge is 2.14. The number of hydrogen-bond acceptors (Lipinski definition) is 4. The van der Waals surface area contributed by atoms with Crippen LogP contribution in [0.3, 0.4) is 0 Å². The van der Waals surface area contributed by atoms with Crippen LogP contribution in [0.4, 0.5) is 5.69 Å². The number of anilines is 1. The third-order valence-corrected chi connectivity index (χ3v) is 3.15. The lowest BCUT2D eigenvalue weighted by molar-refractivity contribution is 0.195. The van der Waals surface area contributed by atoms with Crippen molar-refractivity contribution in [2.24, 2.45) is 0 Å². The summed E-state index contributed by atoms with van der Waals surface area (Å²) in [5.41, 5.74) is 1.09. The summed E-state index contributed by atoms with van der Waals surface area (Å²) >= 11 is 1.76. The zero-order chi connectivity index (χ0) is 10.5. The third kappa shape index (κ3) is 3.11. The van der Waals surface area contributed by atoms with Crippen molar-refractivity contribution in [1.82, 2.24) is 4.98 Å². The van der Waals surface area contributed by atoms with E-state index in [1.165, 1.54) is 0 Å². The topological polar surface area (TPSA) is 34.1 Å². The number of rotatable bonds is 4. The molecule has 3 nitrogen and oxygen atoms in total. The van der Waals surface area contributed by atoms with Gasteiger partial charge in [0.05, 0.1) is 29.6 Å². The normalized spacial score (nSPS) is 20.5. The summed E-state index contributed by atoms with van der Waals surface area (Å²) in [7, 11) is 0. The smallest absolute Gasteiger partial charge is 0.0961 e. The fourth-order valence-corrected chi connectivity index (χ4v) is 2.17. The highest BCUT2D eigenvalue weighted by Crippen LogP contribution is 2.18. The van der Waals surface area contributed by atoms with Gasteiger partial charge in [-0.2, -0.15) is 0 Å². The maximum Gasteiger partial charge on any atom is 0.0961 e. The van der Waals surface area contributed by atoms with Crippen LogP contribution in [0, 0.1) is 0 Å². The standard InChI is InChI=1S/C11H16N2OS/c1-2-15-11-4-3-9(7-12-11)13-10-5-6-14-8-10/h3-4,7,10,13H,2,5-6,8H2,1H3. The molecule has 0 bridgehead atoms. The number of thioether (sulfide) groups is 1. The Morgan fingerprint density at radius 3 is 3.13 bits per heavy atom. The number of ether oxygens (including phenoxy) is 1. The van der Waals surface area contributed by atoms with Crippen LogP contribution in [0.25, 0.3) is 0 Å². The number of nitrogens with zero attached hydrogens (tertiary/aromatic N) is 1. The molecular weight excluding hydrogens is 208 g/mol. The van der Waals surface area contributed by atoms with Crippen molar-refractivity contribution in [3.63, 3.8) is 0 Å². The van der Waals surface area contributed by atoms with Gasteiger partial charge in [0.1, 0.15) is 0 Å². The van der Waals surface area contributed by atoms with Crippen molar-refractivity contribution in [3.8, 4) is 0 Å². The van der Waals surface area contributed by atoms with Crippen molar-refractivity contribution in [3.05, 3.63) is 18.3 Å². The van der Waals surface area contributed by atoms with Gasteiger partial charge in [0, 0.05) is 6.61 Å². The van der Waals surface area contributed by atoms with Crippen LogP contribution in [0.1, 0.15) is 13.3 Å². The summed E-state index contributed by atoms with van der Waals surface area (Å²) in [6.07, 6.45) is 2.99. The lowest BCUT2D eigenvalue weighted by atomic mass is 10.2. The second kappa shape index (κ2) is 5.37. The third-order valence-electron chi connectivity index (χ3n) is 2.33. The van der Waals surface area contributed by atoms with Crippen molar-refractivity contribution in [2.75, 3.05) is 24.3 Å². The summed E-state index contributed by atoms with van der Waals surface area (Å²) in [6, 6.07) is 4.60. The van der Waals surface area contributed by atoms with Gasteiger partial charge in [0.25, 0.3) is 0 Å². The van der Waals surface area contributed by atoms with Crippen molar-refractivity contribution < 1.29 is 4.74 Å². The predicted molar refractivity (Wildman–Crippen MR) is 63.5 cm³/mol. The predicted octanol–water partition coefficient (Wildman–Crippen LogP) is 2.39. The number of hydrogen-bond donors (Lipinski definition) is 1. The molecule has 2 heterocycles. The molecule has 1 unspecified atom stereocenters.